The van der Waals surface area contributed by atoms with E-state index >= 15 is 0 Å². The maximum Gasteiger partial charge on any atom is 0.248 e. The molecule has 7 heteroatoms. The van der Waals surface area contributed by atoms with Gasteiger partial charge in [-0.1, -0.05) is 48.0 Å². The number of hydrogen-bond donors (Lipinski definition) is 1. The Morgan fingerprint density at radius 1 is 1.14 bits per heavy atom. The van der Waals surface area contributed by atoms with E-state index < -0.39 is 17.3 Å². The topological polar surface area (TPSA) is 75.2 Å². The van der Waals surface area contributed by atoms with Gasteiger partial charge in [0.25, 0.3) is 0 Å². The molecular weight excluding hydrogens is 443 g/mol. The normalized spacial score (nSPS) is 15.8. The van der Waals surface area contributed by atoms with Crippen LogP contribution in [0.1, 0.15) is 60.8 Å². The standard InChI is InChI=1S/C28H31FN4O2/c1-19-8-6-9-20(14-19)15-22-17-30-18-24(31-22)25-12-7-13-33(25)27(35)28(2,3)32-26(34)16-21-10-4-5-11-23(21)29/h4-6,8-11,14,17-18,25H,7,12-13,15-16H2,1-3H3,(H,32,34)/t25-/m0/s1. The van der Waals surface area contributed by atoms with E-state index in [4.69, 9.17) is 4.98 Å². The number of amides is 2. The van der Waals surface area contributed by atoms with Crippen molar-refractivity contribution in [2.75, 3.05) is 6.54 Å². The van der Waals surface area contributed by atoms with Crippen LogP contribution in [-0.2, 0) is 22.4 Å². The third-order valence-corrected chi connectivity index (χ3v) is 6.32. The number of carbonyl (C=O) groups excluding carboxylic acids is 2. The molecule has 3 aromatic rings. The molecule has 1 N–H and O–H groups in total. The van der Waals surface area contributed by atoms with E-state index in [-0.39, 0.29) is 18.4 Å². The number of carbonyl (C=O) groups is 2. The largest absolute Gasteiger partial charge is 0.342 e. The number of nitrogens with one attached hydrogen (secondary N) is 1. The zero-order chi connectivity index (χ0) is 25.0. The first-order chi connectivity index (χ1) is 16.7. The number of benzene rings is 2. The second kappa shape index (κ2) is 10.3. The predicted molar refractivity (Wildman–Crippen MR) is 132 cm³/mol. The van der Waals surface area contributed by atoms with Crippen LogP contribution in [0, 0.1) is 12.7 Å². The highest BCUT2D eigenvalue weighted by molar-refractivity contribution is 5.91. The average Bonchev–Trinajstić information content (AvgIpc) is 3.30. The number of aryl methyl sites for hydroxylation is 1. The summed E-state index contributed by atoms with van der Waals surface area (Å²) in [4.78, 5) is 37.1. The molecule has 0 radical (unpaired) electrons. The molecule has 6 nitrogen and oxygen atoms in total. The summed E-state index contributed by atoms with van der Waals surface area (Å²) < 4.78 is 13.9. The number of aromatic nitrogens is 2. The van der Waals surface area contributed by atoms with Gasteiger partial charge in [0.2, 0.25) is 11.8 Å². The third kappa shape index (κ3) is 5.91. The highest BCUT2D eigenvalue weighted by atomic mass is 19.1. The lowest BCUT2D eigenvalue weighted by molar-refractivity contribution is -0.141. The number of likely N-dealkylation sites (tertiary alicyclic amines) is 1. The van der Waals surface area contributed by atoms with E-state index in [2.05, 4.69) is 35.4 Å². The zero-order valence-corrected chi connectivity index (χ0v) is 20.4. The molecule has 1 fully saturated rings. The van der Waals surface area contributed by atoms with E-state index in [0.29, 0.717) is 18.5 Å². The van der Waals surface area contributed by atoms with Crippen molar-refractivity contribution in [3.63, 3.8) is 0 Å². The second-order valence-corrected chi connectivity index (χ2v) is 9.70. The molecule has 4 rings (SSSR count). The van der Waals surface area contributed by atoms with Crippen LogP contribution < -0.4 is 5.32 Å². The smallest absolute Gasteiger partial charge is 0.248 e. The van der Waals surface area contributed by atoms with E-state index in [1.165, 1.54) is 11.6 Å². The molecule has 1 saturated heterocycles. The van der Waals surface area contributed by atoms with E-state index in [1.54, 1.807) is 49.3 Å². The Morgan fingerprint density at radius 2 is 1.94 bits per heavy atom. The summed E-state index contributed by atoms with van der Waals surface area (Å²) in [6.45, 7) is 6.01. The van der Waals surface area contributed by atoms with Crippen LogP contribution in [0.4, 0.5) is 4.39 Å². The summed E-state index contributed by atoms with van der Waals surface area (Å²) in [5, 5.41) is 2.80. The first-order valence-electron chi connectivity index (χ1n) is 11.9. The highest BCUT2D eigenvalue weighted by Crippen LogP contribution is 2.32. The van der Waals surface area contributed by atoms with Crippen LogP contribution >= 0.6 is 0 Å². The summed E-state index contributed by atoms with van der Waals surface area (Å²) in [5.41, 5.74) is 3.12. The lowest BCUT2D eigenvalue weighted by Gasteiger charge is -2.33. The summed E-state index contributed by atoms with van der Waals surface area (Å²) in [7, 11) is 0. The molecular formula is C28H31FN4O2. The Morgan fingerprint density at radius 3 is 2.71 bits per heavy atom. The first-order valence-corrected chi connectivity index (χ1v) is 11.9. The van der Waals surface area contributed by atoms with Crippen LogP contribution in [0.3, 0.4) is 0 Å². The van der Waals surface area contributed by atoms with E-state index in [0.717, 1.165) is 29.8 Å². The lowest BCUT2D eigenvalue weighted by atomic mass is 10.0. The molecule has 1 aliphatic rings. The van der Waals surface area contributed by atoms with Crippen molar-refractivity contribution in [1.82, 2.24) is 20.2 Å². The summed E-state index contributed by atoms with van der Waals surface area (Å²) in [6.07, 6.45) is 5.66. The SMILES string of the molecule is Cc1cccc(Cc2cncc([C@@H]3CCCN3C(=O)C(C)(C)NC(=O)Cc3ccccc3F)n2)c1. The van der Waals surface area contributed by atoms with Gasteiger partial charge in [0.05, 0.1) is 30.0 Å². The van der Waals surface area contributed by atoms with Gasteiger partial charge >= 0.3 is 0 Å². The molecule has 0 spiro atoms. The van der Waals surface area contributed by atoms with E-state index in [1.807, 2.05) is 6.07 Å². The average molecular weight is 475 g/mol. The van der Waals surface area contributed by atoms with E-state index in [9.17, 15) is 14.0 Å². The number of hydrogen-bond acceptors (Lipinski definition) is 4. The molecule has 0 unspecified atom stereocenters. The fourth-order valence-corrected chi connectivity index (χ4v) is 4.64. The first kappa shape index (κ1) is 24.5. The van der Waals surface area contributed by atoms with Crippen LogP contribution in [0.15, 0.2) is 60.9 Å². The molecule has 0 saturated carbocycles. The van der Waals surface area contributed by atoms with Crippen molar-refractivity contribution in [3.05, 3.63) is 94.8 Å². The maximum absolute atomic E-state index is 13.9. The molecule has 182 valence electrons. The molecule has 35 heavy (non-hydrogen) atoms. The van der Waals surface area contributed by atoms with Crippen molar-refractivity contribution in [1.29, 1.82) is 0 Å². The van der Waals surface area contributed by atoms with Gasteiger partial charge in [0.1, 0.15) is 11.4 Å². The van der Waals surface area contributed by atoms with Gasteiger partial charge in [-0.05, 0) is 50.8 Å². The van der Waals surface area contributed by atoms with Gasteiger partial charge in [-0.15, -0.1) is 0 Å². The Bertz CT molecular complexity index is 1230. The summed E-state index contributed by atoms with van der Waals surface area (Å²) in [5.74, 6) is -1.02. The van der Waals surface area contributed by atoms with Crippen molar-refractivity contribution >= 4 is 11.8 Å². The number of halogens is 1. The molecule has 1 atom stereocenters. The van der Waals surface area contributed by atoms with Crippen LogP contribution in [0.2, 0.25) is 0 Å². The number of rotatable bonds is 7. The maximum atomic E-state index is 13.9. The monoisotopic (exact) mass is 474 g/mol. The van der Waals surface area contributed by atoms with Crippen LogP contribution in [-0.4, -0.2) is 38.8 Å². The van der Waals surface area contributed by atoms with Crippen LogP contribution in [0.5, 0.6) is 0 Å². The van der Waals surface area contributed by atoms with Gasteiger partial charge in [0.15, 0.2) is 0 Å². The summed E-state index contributed by atoms with van der Waals surface area (Å²) in [6, 6.07) is 14.2. The van der Waals surface area contributed by atoms with Crippen molar-refractivity contribution in [2.24, 2.45) is 0 Å². The molecule has 2 aromatic carbocycles. The highest BCUT2D eigenvalue weighted by Gasteiger charge is 2.40. The fourth-order valence-electron chi connectivity index (χ4n) is 4.64. The molecule has 2 heterocycles. The minimum absolute atomic E-state index is 0.126. The molecule has 1 aliphatic heterocycles. The fraction of sp³-hybridized carbons (Fsp3) is 0.357. The van der Waals surface area contributed by atoms with Gasteiger partial charge in [-0.3, -0.25) is 19.6 Å². The van der Waals surface area contributed by atoms with Gasteiger partial charge in [-0.2, -0.15) is 0 Å². The molecule has 2 amide bonds. The van der Waals surface area contributed by atoms with Crippen molar-refractivity contribution in [2.45, 2.75) is 58.0 Å². The van der Waals surface area contributed by atoms with Crippen molar-refractivity contribution < 1.29 is 14.0 Å². The third-order valence-electron chi connectivity index (χ3n) is 6.32. The molecule has 0 bridgehead atoms. The van der Waals surface area contributed by atoms with Crippen molar-refractivity contribution in [3.8, 4) is 0 Å². The molecule has 0 aliphatic carbocycles. The van der Waals surface area contributed by atoms with Gasteiger partial charge in [-0.25, -0.2) is 4.39 Å². The predicted octanol–water partition coefficient (Wildman–Crippen LogP) is 4.32. The Kier molecular flexibility index (Phi) is 7.24. The minimum Gasteiger partial charge on any atom is -0.342 e. The minimum atomic E-state index is -1.14. The van der Waals surface area contributed by atoms with Crippen LogP contribution in [0.25, 0.3) is 0 Å². The second-order valence-electron chi connectivity index (χ2n) is 9.70. The van der Waals surface area contributed by atoms with Gasteiger partial charge < -0.3 is 10.2 Å². The Labute approximate surface area is 205 Å². The Balaban J connectivity index is 1.46. The summed E-state index contributed by atoms with van der Waals surface area (Å²) >= 11 is 0. The van der Waals surface area contributed by atoms with Gasteiger partial charge in [0, 0.05) is 19.2 Å². The molecule has 1 aromatic heterocycles. The lowest BCUT2D eigenvalue weighted by Crippen LogP contribution is -2.56. The number of nitrogens with zero attached hydrogens (tertiary/aromatic N) is 3. The Hall–Kier alpha value is -3.61. The zero-order valence-electron chi connectivity index (χ0n) is 20.4. The quantitative estimate of drug-likeness (QED) is 0.554.